The zero-order valence-electron chi connectivity index (χ0n) is 12.2. The van der Waals surface area contributed by atoms with Gasteiger partial charge in [0.2, 0.25) is 0 Å². The van der Waals surface area contributed by atoms with Crippen LogP contribution in [0.5, 0.6) is 5.75 Å². The van der Waals surface area contributed by atoms with Crippen LogP contribution >= 0.6 is 0 Å². The summed E-state index contributed by atoms with van der Waals surface area (Å²) in [4.78, 5) is 0. The van der Waals surface area contributed by atoms with Gasteiger partial charge in [-0.3, -0.25) is 0 Å². The number of ether oxygens (including phenoxy) is 2. The van der Waals surface area contributed by atoms with Crippen LogP contribution in [0.15, 0.2) is 53.1 Å². The lowest BCUT2D eigenvalue weighted by molar-refractivity contribution is 0.0227. The van der Waals surface area contributed by atoms with Gasteiger partial charge < -0.3 is 13.9 Å². The Kier molecular flexibility index (Phi) is 4.08. The number of benzene rings is 2. The third kappa shape index (κ3) is 2.80. The van der Waals surface area contributed by atoms with Crippen LogP contribution < -0.4 is 4.74 Å². The Morgan fingerprint density at radius 3 is 2.86 bits per heavy atom. The highest BCUT2D eigenvalue weighted by Gasteiger charge is 2.10. The molecule has 3 rings (SSSR count). The van der Waals surface area contributed by atoms with Crippen LogP contribution in [0.3, 0.4) is 0 Å². The molecule has 0 fully saturated rings. The minimum Gasteiger partial charge on any atom is -0.467 e. The molecule has 0 spiro atoms. The first-order chi connectivity index (χ1) is 10.8. The van der Waals surface area contributed by atoms with Gasteiger partial charge in [0.15, 0.2) is 6.79 Å². The van der Waals surface area contributed by atoms with E-state index >= 15 is 0 Å². The van der Waals surface area contributed by atoms with E-state index in [0.29, 0.717) is 17.9 Å². The lowest BCUT2D eigenvalue weighted by Gasteiger charge is -2.12. The monoisotopic (exact) mass is 293 g/mol. The van der Waals surface area contributed by atoms with E-state index in [0.717, 1.165) is 22.1 Å². The summed E-state index contributed by atoms with van der Waals surface area (Å²) in [5.41, 5.74) is 3.25. The van der Waals surface area contributed by atoms with E-state index < -0.39 is 0 Å². The maximum atomic E-state index is 9.12. The van der Waals surface area contributed by atoms with Gasteiger partial charge in [-0.1, -0.05) is 6.07 Å². The van der Waals surface area contributed by atoms with Gasteiger partial charge in [0.05, 0.1) is 17.9 Å². The maximum Gasteiger partial charge on any atom is 0.189 e. The summed E-state index contributed by atoms with van der Waals surface area (Å²) in [6.45, 7) is 2.69. The van der Waals surface area contributed by atoms with Crippen molar-refractivity contribution in [1.29, 1.82) is 5.26 Å². The largest absolute Gasteiger partial charge is 0.467 e. The average molecular weight is 293 g/mol. The van der Waals surface area contributed by atoms with Crippen LogP contribution in [0.4, 0.5) is 0 Å². The van der Waals surface area contributed by atoms with E-state index in [1.54, 1.807) is 18.4 Å². The van der Waals surface area contributed by atoms with Crippen molar-refractivity contribution in [1.82, 2.24) is 0 Å². The molecule has 0 unspecified atom stereocenters. The van der Waals surface area contributed by atoms with Crippen LogP contribution in [0, 0.1) is 11.3 Å². The summed E-state index contributed by atoms with van der Waals surface area (Å²) in [6.07, 6.45) is 1.66. The van der Waals surface area contributed by atoms with Crippen molar-refractivity contribution in [2.45, 2.75) is 6.92 Å². The van der Waals surface area contributed by atoms with Crippen molar-refractivity contribution >= 4 is 11.0 Å². The third-order valence-electron chi connectivity index (χ3n) is 3.37. The highest BCUT2D eigenvalue weighted by molar-refractivity contribution is 5.85. The van der Waals surface area contributed by atoms with Crippen molar-refractivity contribution in [3.8, 4) is 22.9 Å². The van der Waals surface area contributed by atoms with Crippen molar-refractivity contribution in [3.63, 3.8) is 0 Å². The second-order valence-corrected chi connectivity index (χ2v) is 4.75. The molecule has 0 atom stereocenters. The number of fused-ring (bicyclic) bond motifs is 1. The Morgan fingerprint density at radius 2 is 2.05 bits per heavy atom. The maximum absolute atomic E-state index is 9.12. The molecule has 1 heterocycles. The molecule has 0 aliphatic carbocycles. The zero-order valence-corrected chi connectivity index (χ0v) is 12.2. The molecule has 2 aromatic carbocycles. The first kappa shape index (κ1) is 14.2. The van der Waals surface area contributed by atoms with Gasteiger partial charge in [-0.25, -0.2) is 0 Å². The number of hydrogen-bond acceptors (Lipinski definition) is 4. The van der Waals surface area contributed by atoms with Crippen molar-refractivity contribution in [2.75, 3.05) is 13.4 Å². The molecule has 0 N–H and O–H groups in total. The summed E-state index contributed by atoms with van der Waals surface area (Å²) in [7, 11) is 0. The molecule has 1 aromatic heterocycles. The van der Waals surface area contributed by atoms with Crippen LogP contribution in [0.2, 0.25) is 0 Å². The molecule has 0 amide bonds. The number of hydrogen-bond donors (Lipinski definition) is 0. The normalized spacial score (nSPS) is 10.5. The van der Waals surface area contributed by atoms with E-state index in [9.17, 15) is 0 Å². The fraction of sp³-hybridized carbons (Fsp3) is 0.167. The van der Waals surface area contributed by atoms with Crippen LogP contribution in [-0.2, 0) is 4.74 Å². The third-order valence-corrected chi connectivity index (χ3v) is 3.37. The van der Waals surface area contributed by atoms with E-state index in [1.165, 1.54) is 0 Å². The first-order valence-corrected chi connectivity index (χ1v) is 7.04. The molecular weight excluding hydrogens is 278 g/mol. The predicted molar refractivity (Wildman–Crippen MR) is 83.5 cm³/mol. The number of rotatable bonds is 5. The Balaban J connectivity index is 2.03. The summed E-state index contributed by atoms with van der Waals surface area (Å²) in [6, 6.07) is 15.3. The highest BCUT2D eigenvalue weighted by Crippen LogP contribution is 2.33. The average Bonchev–Trinajstić information content (AvgIpc) is 3.03. The van der Waals surface area contributed by atoms with Crippen LogP contribution in [0.25, 0.3) is 22.1 Å². The van der Waals surface area contributed by atoms with E-state index in [1.807, 2.05) is 37.3 Å². The second kappa shape index (κ2) is 6.33. The van der Waals surface area contributed by atoms with Gasteiger partial charge >= 0.3 is 0 Å². The SMILES string of the molecule is CCOCOc1ccc(C#N)cc1-c1ccc2occc2c1. The topological polar surface area (TPSA) is 55.4 Å². The van der Waals surface area contributed by atoms with E-state index in [-0.39, 0.29) is 6.79 Å². The molecule has 0 bridgehead atoms. The highest BCUT2D eigenvalue weighted by atomic mass is 16.7. The number of nitrogens with zero attached hydrogens (tertiary/aromatic N) is 1. The Hall–Kier alpha value is -2.77. The van der Waals surface area contributed by atoms with Gasteiger partial charge in [0.25, 0.3) is 0 Å². The molecular formula is C18H15NO3. The standard InChI is InChI=1S/C18H15NO3/c1-2-20-12-22-18-5-3-13(11-19)9-16(18)14-4-6-17-15(10-14)7-8-21-17/h3-10H,2,12H2,1H3. The quantitative estimate of drug-likeness (QED) is 0.518. The van der Waals surface area contributed by atoms with Gasteiger partial charge in [-0.2, -0.15) is 5.26 Å². The minimum atomic E-state index is 0.184. The molecule has 22 heavy (non-hydrogen) atoms. The minimum absolute atomic E-state index is 0.184. The summed E-state index contributed by atoms with van der Waals surface area (Å²) < 4.78 is 16.3. The molecule has 0 saturated carbocycles. The van der Waals surface area contributed by atoms with Gasteiger partial charge in [0.1, 0.15) is 11.3 Å². The van der Waals surface area contributed by atoms with Crippen molar-refractivity contribution in [2.24, 2.45) is 0 Å². The van der Waals surface area contributed by atoms with E-state index in [4.69, 9.17) is 19.2 Å². The molecule has 110 valence electrons. The smallest absolute Gasteiger partial charge is 0.189 e. The van der Waals surface area contributed by atoms with Crippen molar-refractivity contribution < 1.29 is 13.9 Å². The molecule has 4 nitrogen and oxygen atoms in total. The predicted octanol–water partition coefficient (Wildman–Crippen LogP) is 4.34. The fourth-order valence-electron chi connectivity index (χ4n) is 2.27. The summed E-state index contributed by atoms with van der Waals surface area (Å²) in [5, 5.41) is 10.1. The summed E-state index contributed by atoms with van der Waals surface area (Å²) in [5.74, 6) is 0.690. The molecule has 0 radical (unpaired) electrons. The zero-order chi connectivity index (χ0) is 15.4. The lowest BCUT2D eigenvalue weighted by Crippen LogP contribution is -2.03. The Labute approximate surface area is 128 Å². The van der Waals surface area contributed by atoms with Crippen LogP contribution in [-0.4, -0.2) is 13.4 Å². The van der Waals surface area contributed by atoms with Gasteiger partial charge in [-0.15, -0.1) is 0 Å². The Morgan fingerprint density at radius 1 is 1.14 bits per heavy atom. The molecule has 0 aliphatic rings. The van der Waals surface area contributed by atoms with Crippen molar-refractivity contribution in [3.05, 3.63) is 54.3 Å². The number of furan rings is 1. The first-order valence-electron chi connectivity index (χ1n) is 7.04. The van der Waals surface area contributed by atoms with Crippen LogP contribution in [0.1, 0.15) is 12.5 Å². The molecule has 4 heteroatoms. The Bertz CT molecular complexity index is 830. The second-order valence-electron chi connectivity index (χ2n) is 4.75. The van der Waals surface area contributed by atoms with E-state index in [2.05, 4.69) is 6.07 Å². The molecule has 3 aromatic rings. The number of nitriles is 1. The molecule has 0 aliphatic heterocycles. The van der Waals surface area contributed by atoms with Gasteiger partial charge in [0, 0.05) is 17.6 Å². The summed E-state index contributed by atoms with van der Waals surface area (Å²) >= 11 is 0. The fourth-order valence-corrected chi connectivity index (χ4v) is 2.27. The molecule has 0 saturated heterocycles. The van der Waals surface area contributed by atoms with Gasteiger partial charge in [-0.05, 0) is 48.9 Å². The lowest BCUT2D eigenvalue weighted by atomic mass is 10.0.